The summed E-state index contributed by atoms with van der Waals surface area (Å²) < 4.78 is 0. The van der Waals surface area contributed by atoms with Crippen molar-refractivity contribution in [2.24, 2.45) is 0 Å². The second-order valence-electron chi connectivity index (χ2n) is 3.74. The maximum Gasteiger partial charge on any atom is 0.304 e. The molecule has 2 N–H and O–H groups in total. The zero-order valence-electron chi connectivity index (χ0n) is 7.94. The molecule has 1 saturated heterocycles. The lowest BCUT2D eigenvalue weighted by Gasteiger charge is -2.24. The van der Waals surface area contributed by atoms with Crippen molar-refractivity contribution >= 4 is 5.97 Å². The van der Waals surface area contributed by atoms with Crippen LogP contribution in [0.25, 0.3) is 0 Å². The number of aliphatic hydroxyl groups is 1. The summed E-state index contributed by atoms with van der Waals surface area (Å²) in [6.45, 7) is 3.25. The fraction of sp³-hybridized carbons (Fsp3) is 0.889. The van der Waals surface area contributed by atoms with Crippen LogP contribution in [0.4, 0.5) is 0 Å². The van der Waals surface area contributed by atoms with Crippen LogP contribution in [0, 0.1) is 0 Å². The first-order valence-electron chi connectivity index (χ1n) is 4.73. The summed E-state index contributed by atoms with van der Waals surface area (Å²) in [5, 5.41) is 17.8. The molecule has 0 saturated carbocycles. The first-order valence-corrected chi connectivity index (χ1v) is 4.73. The number of aliphatic carboxylic acids is 1. The number of aliphatic hydroxyl groups excluding tert-OH is 1. The lowest BCUT2D eigenvalue weighted by atomic mass is 10.1. The third kappa shape index (κ3) is 3.32. The summed E-state index contributed by atoms with van der Waals surface area (Å²) in [7, 11) is 0. The Morgan fingerprint density at radius 2 is 2.38 bits per heavy atom. The molecular formula is C9H17NO3. The maximum atomic E-state index is 10.5. The van der Waals surface area contributed by atoms with E-state index in [0.29, 0.717) is 6.54 Å². The molecule has 1 heterocycles. The van der Waals surface area contributed by atoms with Crippen LogP contribution in [-0.2, 0) is 4.79 Å². The molecule has 0 aromatic rings. The number of likely N-dealkylation sites (tertiary alicyclic amines) is 1. The van der Waals surface area contributed by atoms with E-state index in [1.807, 2.05) is 0 Å². The molecule has 4 heteroatoms. The van der Waals surface area contributed by atoms with E-state index in [1.54, 1.807) is 6.92 Å². The lowest BCUT2D eigenvalue weighted by molar-refractivity contribution is -0.138. The average molecular weight is 187 g/mol. The molecule has 1 rings (SSSR count). The number of carboxylic acid groups (broad SMARTS) is 1. The normalized spacial score (nSPS) is 26.2. The quantitative estimate of drug-likeness (QED) is 0.665. The minimum absolute atomic E-state index is 0.132. The van der Waals surface area contributed by atoms with Gasteiger partial charge in [-0.05, 0) is 26.3 Å². The van der Waals surface area contributed by atoms with Crippen LogP contribution in [0.3, 0.4) is 0 Å². The Morgan fingerprint density at radius 3 is 2.92 bits per heavy atom. The molecule has 0 aromatic heterocycles. The van der Waals surface area contributed by atoms with Crippen molar-refractivity contribution in [3.63, 3.8) is 0 Å². The van der Waals surface area contributed by atoms with Gasteiger partial charge in [0.1, 0.15) is 0 Å². The van der Waals surface area contributed by atoms with E-state index in [-0.39, 0.29) is 18.6 Å². The Bertz CT molecular complexity index is 182. The molecule has 0 amide bonds. The zero-order valence-corrected chi connectivity index (χ0v) is 7.94. The number of hydrogen-bond donors (Lipinski definition) is 2. The lowest BCUT2D eigenvalue weighted by Crippen LogP contribution is -2.36. The highest BCUT2D eigenvalue weighted by molar-refractivity contribution is 5.67. The van der Waals surface area contributed by atoms with Crippen LogP contribution in [0.15, 0.2) is 0 Å². The number of nitrogens with zero attached hydrogens (tertiary/aromatic N) is 1. The fourth-order valence-corrected chi connectivity index (χ4v) is 1.91. The number of β-amino-alcohol motifs (C(OH)–C–C–N with tert-alkyl or cyclic N) is 1. The Balaban J connectivity index is 2.39. The first kappa shape index (κ1) is 10.5. The molecule has 1 aliphatic heterocycles. The van der Waals surface area contributed by atoms with Crippen molar-refractivity contribution in [1.29, 1.82) is 0 Å². The minimum atomic E-state index is -0.748. The van der Waals surface area contributed by atoms with Crippen LogP contribution in [-0.4, -0.2) is 46.3 Å². The molecule has 2 atom stereocenters. The largest absolute Gasteiger partial charge is 0.481 e. The Hall–Kier alpha value is -0.610. The van der Waals surface area contributed by atoms with Gasteiger partial charge < -0.3 is 10.2 Å². The zero-order chi connectivity index (χ0) is 9.84. The number of carbonyl (C=O) groups is 1. The van der Waals surface area contributed by atoms with Crippen LogP contribution >= 0.6 is 0 Å². The molecule has 0 bridgehead atoms. The third-order valence-electron chi connectivity index (χ3n) is 2.41. The summed E-state index contributed by atoms with van der Waals surface area (Å²) in [5.41, 5.74) is 0. The van der Waals surface area contributed by atoms with E-state index in [0.717, 1.165) is 19.4 Å². The van der Waals surface area contributed by atoms with E-state index in [2.05, 4.69) is 4.90 Å². The Morgan fingerprint density at radius 1 is 1.69 bits per heavy atom. The smallest absolute Gasteiger partial charge is 0.304 e. The van der Waals surface area contributed by atoms with Gasteiger partial charge in [-0.2, -0.15) is 0 Å². The van der Waals surface area contributed by atoms with Gasteiger partial charge in [-0.15, -0.1) is 0 Å². The van der Waals surface area contributed by atoms with E-state index in [9.17, 15) is 9.90 Å². The fourth-order valence-electron chi connectivity index (χ4n) is 1.91. The monoisotopic (exact) mass is 187 g/mol. The summed E-state index contributed by atoms with van der Waals surface area (Å²) >= 11 is 0. The second-order valence-corrected chi connectivity index (χ2v) is 3.74. The summed E-state index contributed by atoms with van der Waals surface area (Å²) in [4.78, 5) is 12.6. The van der Waals surface area contributed by atoms with Gasteiger partial charge in [-0.25, -0.2) is 0 Å². The summed E-state index contributed by atoms with van der Waals surface area (Å²) in [6, 6.07) is 0.132. The molecule has 13 heavy (non-hydrogen) atoms. The topological polar surface area (TPSA) is 60.8 Å². The second kappa shape index (κ2) is 4.58. The highest BCUT2D eigenvalue weighted by atomic mass is 16.4. The van der Waals surface area contributed by atoms with Crippen LogP contribution < -0.4 is 0 Å². The molecule has 2 unspecified atom stereocenters. The number of carboxylic acids is 1. The molecule has 4 nitrogen and oxygen atoms in total. The predicted molar refractivity (Wildman–Crippen MR) is 48.5 cm³/mol. The van der Waals surface area contributed by atoms with Crippen molar-refractivity contribution in [3.05, 3.63) is 0 Å². The van der Waals surface area contributed by atoms with Crippen molar-refractivity contribution in [1.82, 2.24) is 4.90 Å². The SMILES string of the molecule is CC(O)CN1CCCC1CC(=O)O. The van der Waals surface area contributed by atoms with E-state index < -0.39 is 5.97 Å². The summed E-state index contributed by atoms with van der Waals surface area (Å²) in [6.07, 6.45) is 1.82. The molecule has 1 aliphatic rings. The van der Waals surface area contributed by atoms with Gasteiger partial charge in [0.15, 0.2) is 0 Å². The highest BCUT2D eigenvalue weighted by Crippen LogP contribution is 2.19. The number of rotatable bonds is 4. The van der Waals surface area contributed by atoms with Gasteiger partial charge >= 0.3 is 5.97 Å². The first-order chi connectivity index (χ1) is 6.09. The Labute approximate surface area is 78.2 Å². The molecule has 0 spiro atoms. The van der Waals surface area contributed by atoms with Gasteiger partial charge in [0, 0.05) is 12.6 Å². The molecule has 1 fully saturated rings. The van der Waals surface area contributed by atoms with Gasteiger partial charge in [-0.1, -0.05) is 0 Å². The van der Waals surface area contributed by atoms with Gasteiger partial charge in [0.05, 0.1) is 12.5 Å². The number of hydrogen-bond acceptors (Lipinski definition) is 3. The van der Waals surface area contributed by atoms with Crippen LogP contribution in [0.1, 0.15) is 26.2 Å². The molecule has 76 valence electrons. The Kier molecular flexibility index (Phi) is 3.69. The molecule has 0 radical (unpaired) electrons. The van der Waals surface area contributed by atoms with E-state index in [4.69, 9.17) is 5.11 Å². The van der Waals surface area contributed by atoms with Crippen molar-refractivity contribution in [3.8, 4) is 0 Å². The standard InChI is InChI=1S/C9H17NO3/c1-7(11)6-10-4-2-3-8(10)5-9(12)13/h7-8,11H,2-6H2,1H3,(H,12,13). The summed E-state index contributed by atoms with van der Waals surface area (Å²) in [5.74, 6) is -0.748. The van der Waals surface area contributed by atoms with E-state index in [1.165, 1.54) is 0 Å². The van der Waals surface area contributed by atoms with Crippen molar-refractivity contribution in [2.75, 3.05) is 13.1 Å². The van der Waals surface area contributed by atoms with Gasteiger partial charge in [0.25, 0.3) is 0 Å². The van der Waals surface area contributed by atoms with Crippen molar-refractivity contribution < 1.29 is 15.0 Å². The average Bonchev–Trinajstić information content (AvgIpc) is 2.34. The maximum absolute atomic E-state index is 10.5. The minimum Gasteiger partial charge on any atom is -0.481 e. The van der Waals surface area contributed by atoms with Crippen LogP contribution in [0.2, 0.25) is 0 Å². The molecule has 0 aromatic carbocycles. The molecular weight excluding hydrogens is 170 g/mol. The van der Waals surface area contributed by atoms with Gasteiger partial charge in [0.2, 0.25) is 0 Å². The van der Waals surface area contributed by atoms with Gasteiger partial charge in [-0.3, -0.25) is 9.69 Å². The van der Waals surface area contributed by atoms with Crippen molar-refractivity contribution in [2.45, 2.75) is 38.3 Å². The molecule has 0 aliphatic carbocycles. The third-order valence-corrected chi connectivity index (χ3v) is 2.41. The van der Waals surface area contributed by atoms with E-state index >= 15 is 0 Å². The van der Waals surface area contributed by atoms with Crippen LogP contribution in [0.5, 0.6) is 0 Å². The highest BCUT2D eigenvalue weighted by Gasteiger charge is 2.26. The predicted octanol–water partition coefficient (Wildman–Crippen LogP) is 0.306.